The van der Waals surface area contributed by atoms with Gasteiger partial charge in [-0.15, -0.1) is 5.10 Å². The van der Waals surface area contributed by atoms with Gasteiger partial charge in [0, 0.05) is 5.56 Å². The number of carbonyl (C=O) groups excluding carboxylic acids is 1. The second-order valence-corrected chi connectivity index (χ2v) is 5.51. The van der Waals surface area contributed by atoms with Gasteiger partial charge in [-0.2, -0.15) is 5.10 Å². The quantitative estimate of drug-likeness (QED) is 0.299. The van der Waals surface area contributed by atoms with Crippen LogP contribution in [-0.2, 0) is 11.3 Å². The lowest BCUT2D eigenvalue weighted by molar-refractivity contribution is 0.0561. The number of nitrogens with zero attached hydrogens (tertiary/aromatic N) is 2. The molecule has 3 aromatic rings. The van der Waals surface area contributed by atoms with Gasteiger partial charge in [-0.25, -0.2) is 4.79 Å². The summed E-state index contributed by atoms with van der Waals surface area (Å²) in [7, 11) is 1.29. The summed E-state index contributed by atoms with van der Waals surface area (Å²) in [5, 5.41) is 9.47. The Balaban J connectivity index is 1.89. The summed E-state index contributed by atoms with van der Waals surface area (Å²) in [4.78, 5) is 11.5. The molecule has 1 aromatic heterocycles. The zero-order chi connectivity index (χ0) is 19.2. The largest absolute Gasteiger partial charge is 0.485 e. The predicted octanol–water partition coefficient (Wildman–Crippen LogP) is 2.41. The minimum atomic E-state index is -0.544. The summed E-state index contributed by atoms with van der Waals surface area (Å²) in [6.07, 6.45) is 1.53. The van der Waals surface area contributed by atoms with Crippen molar-refractivity contribution in [2.45, 2.75) is 6.61 Å². The number of nitrogens with two attached hydrogens (primary N) is 2. The number of methoxy groups -OCH3 is 1. The van der Waals surface area contributed by atoms with Gasteiger partial charge in [0.15, 0.2) is 0 Å². The van der Waals surface area contributed by atoms with E-state index in [4.69, 9.17) is 20.6 Å². The molecule has 27 heavy (non-hydrogen) atoms. The van der Waals surface area contributed by atoms with E-state index in [0.717, 1.165) is 16.3 Å². The van der Waals surface area contributed by atoms with Crippen molar-refractivity contribution in [3.05, 3.63) is 65.6 Å². The standard InChI is InChI=1S/C19H18N4O4/c1-25-18(24)17-9-7-13(27-17)11-26-16-8-6-12-4-2-3-5-14(12)15(16)10-22-23-19(20)21/h2-10H,11H2,1H3,(H4,20,21,23). The van der Waals surface area contributed by atoms with E-state index in [9.17, 15) is 4.79 Å². The van der Waals surface area contributed by atoms with Crippen LogP contribution in [-0.4, -0.2) is 25.3 Å². The first-order chi connectivity index (χ1) is 13.1. The molecule has 0 atom stereocenters. The summed E-state index contributed by atoms with van der Waals surface area (Å²) in [6.45, 7) is 0.123. The minimum absolute atomic E-state index is 0.115. The highest BCUT2D eigenvalue weighted by atomic mass is 16.5. The number of esters is 1. The molecule has 0 bridgehead atoms. The molecular weight excluding hydrogens is 348 g/mol. The van der Waals surface area contributed by atoms with E-state index in [2.05, 4.69) is 14.9 Å². The number of benzene rings is 2. The third-order valence-corrected chi connectivity index (χ3v) is 3.71. The van der Waals surface area contributed by atoms with E-state index in [-0.39, 0.29) is 18.3 Å². The molecule has 0 aliphatic rings. The molecule has 4 N–H and O–H groups in total. The normalized spacial score (nSPS) is 10.9. The Morgan fingerprint density at radius 2 is 1.96 bits per heavy atom. The Labute approximate surface area is 155 Å². The van der Waals surface area contributed by atoms with Crippen molar-refractivity contribution in [1.82, 2.24) is 0 Å². The molecule has 0 unspecified atom stereocenters. The average molecular weight is 366 g/mol. The molecule has 8 heteroatoms. The summed E-state index contributed by atoms with van der Waals surface area (Å²) in [6, 6.07) is 14.7. The zero-order valence-corrected chi connectivity index (χ0v) is 14.6. The van der Waals surface area contributed by atoms with E-state index in [1.54, 1.807) is 6.07 Å². The number of rotatable bonds is 6. The van der Waals surface area contributed by atoms with Gasteiger partial charge in [0.2, 0.25) is 11.7 Å². The molecule has 0 radical (unpaired) electrons. The van der Waals surface area contributed by atoms with E-state index in [0.29, 0.717) is 11.5 Å². The monoisotopic (exact) mass is 366 g/mol. The van der Waals surface area contributed by atoms with Crippen LogP contribution >= 0.6 is 0 Å². The van der Waals surface area contributed by atoms with Crippen LogP contribution in [0, 0.1) is 0 Å². The lowest BCUT2D eigenvalue weighted by atomic mass is 10.0. The van der Waals surface area contributed by atoms with Gasteiger partial charge < -0.3 is 25.4 Å². The molecule has 0 fully saturated rings. The molecule has 1 heterocycles. The highest BCUT2D eigenvalue weighted by Gasteiger charge is 2.13. The van der Waals surface area contributed by atoms with E-state index >= 15 is 0 Å². The molecular formula is C19H18N4O4. The highest BCUT2D eigenvalue weighted by Crippen LogP contribution is 2.27. The fraction of sp³-hybridized carbons (Fsp3) is 0.105. The van der Waals surface area contributed by atoms with Crippen LogP contribution in [0.25, 0.3) is 10.8 Å². The first kappa shape index (κ1) is 18.0. The summed E-state index contributed by atoms with van der Waals surface area (Å²) in [5.74, 6) is 0.482. The maximum absolute atomic E-state index is 11.5. The third kappa shape index (κ3) is 4.24. The Hall–Kier alpha value is -3.81. The van der Waals surface area contributed by atoms with Crippen LogP contribution in [0.5, 0.6) is 5.75 Å². The maximum Gasteiger partial charge on any atom is 0.373 e. The van der Waals surface area contributed by atoms with Gasteiger partial charge in [0.05, 0.1) is 13.3 Å². The van der Waals surface area contributed by atoms with E-state index in [1.807, 2.05) is 36.4 Å². The van der Waals surface area contributed by atoms with Crippen molar-refractivity contribution < 1.29 is 18.7 Å². The highest BCUT2D eigenvalue weighted by molar-refractivity contribution is 6.02. The van der Waals surface area contributed by atoms with Crippen molar-refractivity contribution in [2.75, 3.05) is 7.11 Å². The number of hydrogen-bond acceptors (Lipinski definition) is 6. The SMILES string of the molecule is COC(=O)c1ccc(COc2ccc3ccccc3c2C=NN=C(N)N)o1. The van der Waals surface area contributed by atoms with Gasteiger partial charge in [-0.3, -0.25) is 0 Å². The molecule has 8 nitrogen and oxygen atoms in total. The van der Waals surface area contributed by atoms with Gasteiger partial charge in [-0.05, 0) is 29.0 Å². The van der Waals surface area contributed by atoms with Crippen molar-refractivity contribution in [2.24, 2.45) is 21.7 Å². The van der Waals surface area contributed by atoms with Crippen LogP contribution in [0.3, 0.4) is 0 Å². The Morgan fingerprint density at radius 3 is 2.74 bits per heavy atom. The first-order valence-corrected chi connectivity index (χ1v) is 8.02. The smallest absolute Gasteiger partial charge is 0.373 e. The minimum Gasteiger partial charge on any atom is -0.485 e. The van der Waals surface area contributed by atoms with Crippen molar-refractivity contribution in [1.29, 1.82) is 0 Å². The molecule has 2 aromatic carbocycles. The predicted molar refractivity (Wildman–Crippen MR) is 102 cm³/mol. The lowest BCUT2D eigenvalue weighted by Gasteiger charge is -2.10. The van der Waals surface area contributed by atoms with Crippen molar-refractivity contribution in [3.63, 3.8) is 0 Å². The van der Waals surface area contributed by atoms with Gasteiger partial charge in [-0.1, -0.05) is 30.3 Å². The topological polar surface area (TPSA) is 125 Å². The molecule has 138 valence electrons. The van der Waals surface area contributed by atoms with Crippen LogP contribution < -0.4 is 16.2 Å². The number of hydrogen-bond donors (Lipinski definition) is 2. The third-order valence-electron chi connectivity index (χ3n) is 3.71. The second kappa shape index (κ2) is 8.05. The molecule has 0 saturated heterocycles. The summed E-state index contributed by atoms with van der Waals surface area (Å²) < 4.78 is 15.9. The number of fused-ring (bicyclic) bond motifs is 1. The molecule has 3 rings (SSSR count). The molecule has 0 spiro atoms. The molecule has 0 aliphatic heterocycles. The first-order valence-electron chi connectivity index (χ1n) is 8.02. The van der Waals surface area contributed by atoms with Crippen molar-refractivity contribution >= 4 is 28.9 Å². The van der Waals surface area contributed by atoms with Gasteiger partial charge in [0.1, 0.15) is 18.1 Å². The van der Waals surface area contributed by atoms with Crippen LogP contribution in [0.1, 0.15) is 21.9 Å². The average Bonchev–Trinajstić information content (AvgIpc) is 3.15. The summed E-state index contributed by atoms with van der Waals surface area (Å²) in [5.41, 5.74) is 11.3. The summed E-state index contributed by atoms with van der Waals surface area (Å²) >= 11 is 0. The molecule has 0 aliphatic carbocycles. The van der Waals surface area contributed by atoms with Gasteiger partial charge in [0.25, 0.3) is 0 Å². The van der Waals surface area contributed by atoms with Crippen molar-refractivity contribution in [3.8, 4) is 5.75 Å². The molecule has 0 amide bonds. The fourth-order valence-electron chi connectivity index (χ4n) is 2.50. The van der Waals surface area contributed by atoms with E-state index in [1.165, 1.54) is 19.4 Å². The Morgan fingerprint density at radius 1 is 1.15 bits per heavy atom. The fourth-order valence-corrected chi connectivity index (χ4v) is 2.50. The second-order valence-electron chi connectivity index (χ2n) is 5.51. The molecule has 0 saturated carbocycles. The lowest BCUT2D eigenvalue weighted by Crippen LogP contribution is -2.21. The maximum atomic E-state index is 11.5. The Kier molecular flexibility index (Phi) is 5.36. The zero-order valence-electron chi connectivity index (χ0n) is 14.6. The number of ether oxygens (including phenoxy) is 2. The van der Waals surface area contributed by atoms with E-state index < -0.39 is 5.97 Å². The van der Waals surface area contributed by atoms with Crippen LogP contribution in [0.2, 0.25) is 0 Å². The Bertz CT molecular complexity index is 1020. The van der Waals surface area contributed by atoms with Crippen LogP contribution in [0.15, 0.2) is 63.2 Å². The van der Waals surface area contributed by atoms with Gasteiger partial charge >= 0.3 is 5.97 Å². The van der Waals surface area contributed by atoms with Crippen LogP contribution in [0.4, 0.5) is 0 Å². The number of furan rings is 1. The number of guanidine groups is 1. The number of carbonyl (C=O) groups is 1.